The molecule has 3 aromatic rings. The van der Waals surface area contributed by atoms with Crippen LogP contribution in [0.25, 0.3) is 11.0 Å². The molecule has 2 N–H and O–H groups in total. The molecule has 2 fully saturated rings. The molecule has 36 heavy (non-hydrogen) atoms. The number of rotatable bonds is 5. The lowest BCUT2D eigenvalue weighted by Gasteiger charge is -2.36. The SMILES string of the molecule is N#Cc1ccc(CN2CCN(c3nc4ccccc4nc3NC3CC3)CC2)cc1.O=C(O)C(F)(F)F. The van der Waals surface area contributed by atoms with E-state index >= 15 is 0 Å². The molecule has 2 aliphatic rings. The monoisotopic (exact) mass is 498 g/mol. The van der Waals surface area contributed by atoms with Crippen LogP contribution in [0.2, 0.25) is 0 Å². The Morgan fingerprint density at radius 1 is 1.03 bits per heavy atom. The number of benzene rings is 2. The average molecular weight is 499 g/mol. The summed E-state index contributed by atoms with van der Waals surface area (Å²) in [4.78, 5) is 23.6. The molecule has 0 bridgehead atoms. The van der Waals surface area contributed by atoms with E-state index in [-0.39, 0.29) is 0 Å². The summed E-state index contributed by atoms with van der Waals surface area (Å²) < 4.78 is 31.7. The maximum Gasteiger partial charge on any atom is 0.490 e. The molecule has 1 saturated heterocycles. The van der Waals surface area contributed by atoms with Crippen molar-refractivity contribution in [3.05, 3.63) is 59.7 Å². The van der Waals surface area contributed by atoms with E-state index in [0.717, 1.165) is 55.4 Å². The Balaban J connectivity index is 0.000000384. The Hall–Kier alpha value is -3.91. The van der Waals surface area contributed by atoms with Crippen LogP contribution in [-0.4, -0.2) is 64.3 Å². The first-order valence-electron chi connectivity index (χ1n) is 11.5. The minimum absolute atomic E-state index is 0.543. The van der Waals surface area contributed by atoms with Crippen LogP contribution in [0.3, 0.4) is 0 Å². The highest BCUT2D eigenvalue weighted by atomic mass is 19.4. The summed E-state index contributed by atoms with van der Waals surface area (Å²) in [5, 5.41) is 19.7. The number of piperazine rings is 1. The van der Waals surface area contributed by atoms with E-state index in [9.17, 15) is 13.2 Å². The first-order valence-corrected chi connectivity index (χ1v) is 11.5. The molecular formula is C25H25F3N6O2. The van der Waals surface area contributed by atoms with Gasteiger partial charge in [0.25, 0.3) is 0 Å². The second-order valence-corrected chi connectivity index (χ2v) is 8.68. The molecule has 0 atom stereocenters. The number of carboxylic acid groups (broad SMARTS) is 1. The Labute approximate surface area is 206 Å². The van der Waals surface area contributed by atoms with Gasteiger partial charge >= 0.3 is 12.1 Å². The van der Waals surface area contributed by atoms with Crippen LogP contribution in [0.4, 0.5) is 24.8 Å². The minimum atomic E-state index is -5.08. The van der Waals surface area contributed by atoms with Crippen LogP contribution >= 0.6 is 0 Å². The van der Waals surface area contributed by atoms with E-state index < -0.39 is 12.1 Å². The highest BCUT2D eigenvalue weighted by Gasteiger charge is 2.38. The number of carbonyl (C=O) groups is 1. The lowest BCUT2D eigenvalue weighted by atomic mass is 10.1. The predicted octanol–water partition coefficient (Wildman–Crippen LogP) is 4.03. The fourth-order valence-corrected chi connectivity index (χ4v) is 3.79. The van der Waals surface area contributed by atoms with Crippen molar-refractivity contribution in [3.63, 3.8) is 0 Å². The Kier molecular flexibility index (Phi) is 7.55. The lowest BCUT2D eigenvalue weighted by molar-refractivity contribution is -0.192. The van der Waals surface area contributed by atoms with Gasteiger partial charge in [0.1, 0.15) is 0 Å². The van der Waals surface area contributed by atoms with Crippen LogP contribution in [0, 0.1) is 11.3 Å². The Morgan fingerprint density at radius 3 is 2.14 bits per heavy atom. The summed E-state index contributed by atoms with van der Waals surface area (Å²) in [6.07, 6.45) is -2.65. The van der Waals surface area contributed by atoms with Gasteiger partial charge in [0.05, 0.1) is 22.7 Å². The van der Waals surface area contributed by atoms with Gasteiger partial charge in [-0.05, 0) is 42.7 Å². The molecule has 0 unspecified atom stereocenters. The number of nitrogens with zero attached hydrogens (tertiary/aromatic N) is 5. The highest BCUT2D eigenvalue weighted by Crippen LogP contribution is 2.31. The van der Waals surface area contributed by atoms with Gasteiger partial charge in [-0.15, -0.1) is 0 Å². The highest BCUT2D eigenvalue weighted by molar-refractivity contribution is 5.80. The number of aromatic nitrogens is 2. The summed E-state index contributed by atoms with van der Waals surface area (Å²) >= 11 is 0. The van der Waals surface area contributed by atoms with Crippen molar-refractivity contribution in [2.75, 3.05) is 36.4 Å². The van der Waals surface area contributed by atoms with Gasteiger partial charge in [-0.25, -0.2) is 14.8 Å². The fourth-order valence-electron chi connectivity index (χ4n) is 3.79. The molecule has 1 aliphatic heterocycles. The van der Waals surface area contributed by atoms with E-state index in [2.05, 4.69) is 33.3 Å². The fraction of sp³-hybridized carbons (Fsp3) is 0.360. The molecule has 11 heteroatoms. The largest absolute Gasteiger partial charge is 0.490 e. The van der Waals surface area contributed by atoms with E-state index in [4.69, 9.17) is 25.1 Å². The Bertz CT molecular complexity index is 1250. The molecule has 188 valence electrons. The first kappa shape index (κ1) is 25.2. The number of fused-ring (bicyclic) bond motifs is 1. The van der Waals surface area contributed by atoms with Crippen molar-refractivity contribution in [1.29, 1.82) is 5.26 Å². The molecule has 1 saturated carbocycles. The number of halogens is 3. The third-order valence-electron chi connectivity index (χ3n) is 5.87. The third-order valence-corrected chi connectivity index (χ3v) is 5.87. The molecule has 1 aromatic heterocycles. The number of alkyl halides is 3. The molecule has 2 heterocycles. The van der Waals surface area contributed by atoms with Crippen LogP contribution in [0.15, 0.2) is 48.5 Å². The second-order valence-electron chi connectivity index (χ2n) is 8.68. The smallest absolute Gasteiger partial charge is 0.475 e. The quantitative estimate of drug-likeness (QED) is 0.543. The second kappa shape index (κ2) is 10.8. The number of hydrogen-bond donors (Lipinski definition) is 2. The van der Waals surface area contributed by atoms with Gasteiger partial charge in [-0.2, -0.15) is 18.4 Å². The normalized spacial score (nSPS) is 16.1. The molecule has 2 aromatic carbocycles. The van der Waals surface area contributed by atoms with Gasteiger partial charge < -0.3 is 15.3 Å². The molecule has 1 aliphatic carbocycles. The Morgan fingerprint density at radius 2 is 1.61 bits per heavy atom. The average Bonchev–Trinajstić information content (AvgIpc) is 3.68. The number of carboxylic acids is 1. The van der Waals surface area contributed by atoms with Crippen molar-refractivity contribution in [2.24, 2.45) is 0 Å². The molecular weight excluding hydrogens is 473 g/mol. The van der Waals surface area contributed by atoms with Gasteiger partial charge in [0, 0.05) is 38.8 Å². The van der Waals surface area contributed by atoms with Crippen LogP contribution < -0.4 is 10.2 Å². The van der Waals surface area contributed by atoms with Crippen molar-refractivity contribution >= 4 is 28.6 Å². The number of nitriles is 1. The van der Waals surface area contributed by atoms with Crippen molar-refractivity contribution < 1.29 is 23.1 Å². The van der Waals surface area contributed by atoms with E-state index in [1.807, 2.05) is 36.4 Å². The zero-order valence-corrected chi connectivity index (χ0v) is 19.4. The summed E-state index contributed by atoms with van der Waals surface area (Å²) in [6.45, 7) is 4.75. The number of nitrogens with one attached hydrogen (secondary N) is 1. The van der Waals surface area contributed by atoms with E-state index in [1.165, 1.54) is 18.4 Å². The number of para-hydroxylation sites is 2. The summed E-state index contributed by atoms with van der Waals surface area (Å²) in [5.74, 6) is -0.854. The van der Waals surface area contributed by atoms with E-state index in [0.29, 0.717) is 11.6 Å². The van der Waals surface area contributed by atoms with Crippen molar-refractivity contribution in [3.8, 4) is 6.07 Å². The standard InChI is InChI=1S/C23H24N6.C2HF3O2/c24-15-17-5-7-18(8-6-17)16-28-11-13-29(14-12-28)23-22(25-19-9-10-19)26-20-3-1-2-4-21(20)27-23;3-2(4,5)1(6)7/h1-8,19H,9-14,16H2,(H,25,26);(H,6,7). The van der Waals surface area contributed by atoms with Crippen molar-refractivity contribution in [1.82, 2.24) is 14.9 Å². The third kappa shape index (κ3) is 6.60. The first-order chi connectivity index (χ1) is 17.2. The van der Waals surface area contributed by atoms with Crippen LogP contribution in [-0.2, 0) is 11.3 Å². The topological polar surface area (TPSA) is 105 Å². The van der Waals surface area contributed by atoms with Crippen molar-refractivity contribution in [2.45, 2.75) is 31.6 Å². The zero-order valence-electron chi connectivity index (χ0n) is 19.4. The molecule has 5 rings (SSSR count). The molecule has 8 nitrogen and oxygen atoms in total. The predicted molar refractivity (Wildman–Crippen MR) is 129 cm³/mol. The van der Waals surface area contributed by atoms with Gasteiger partial charge in [0.15, 0.2) is 11.6 Å². The van der Waals surface area contributed by atoms with E-state index in [1.54, 1.807) is 0 Å². The molecule has 0 spiro atoms. The minimum Gasteiger partial charge on any atom is -0.475 e. The number of aliphatic carboxylic acids is 1. The maximum atomic E-state index is 10.6. The maximum absolute atomic E-state index is 10.6. The number of hydrogen-bond acceptors (Lipinski definition) is 7. The number of anilines is 2. The zero-order chi connectivity index (χ0) is 25.7. The van der Waals surface area contributed by atoms with Gasteiger partial charge in [0.2, 0.25) is 0 Å². The molecule has 0 amide bonds. The summed E-state index contributed by atoms with van der Waals surface area (Å²) in [7, 11) is 0. The summed E-state index contributed by atoms with van der Waals surface area (Å²) in [6, 6.07) is 18.7. The van der Waals surface area contributed by atoms with Crippen LogP contribution in [0.1, 0.15) is 24.0 Å². The lowest BCUT2D eigenvalue weighted by Crippen LogP contribution is -2.46. The van der Waals surface area contributed by atoms with Crippen LogP contribution in [0.5, 0.6) is 0 Å². The summed E-state index contributed by atoms with van der Waals surface area (Å²) in [5.41, 5.74) is 3.85. The van der Waals surface area contributed by atoms with Gasteiger partial charge in [-0.3, -0.25) is 4.90 Å². The molecule has 0 radical (unpaired) electrons. The van der Waals surface area contributed by atoms with Gasteiger partial charge in [-0.1, -0.05) is 24.3 Å².